The average Bonchev–Trinajstić information content (AvgIpc) is 2.69. The first kappa shape index (κ1) is 14.8. The van der Waals surface area contributed by atoms with E-state index in [0.717, 1.165) is 25.5 Å². The van der Waals surface area contributed by atoms with Crippen LogP contribution in [0.2, 0.25) is 0 Å². The highest BCUT2D eigenvalue weighted by Gasteiger charge is 2.24. The molecule has 1 fully saturated rings. The molecule has 0 amide bonds. The molecule has 120 valence electrons. The number of benzene rings is 2. The molecule has 0 saturated carbocycles. The molecular formula is C20H20N4. The Morgan fingerprint density at radius 3 is 2.42 bits per heavy atom. The number of nitrogens with one attached hydrogen (secondary N) is 1. The second-order valence-electron chi connectivity index (χ2n) is 5.98. The number of hydrogen-bond acceptors (Lipinski definition) is 4. The average molecular weight is 316 g/mol. The largest absolute Gasteiger partial charge is 0.346 e. The maximum Gasteiger partial charge on any atom is 0.151 e. The predicted octanol–water partition coefficient (Wildman–Crippen LogP) is 3.29. The first-order chi connectivity index (χ1) is 11.9. The lowest BCUT2D eigenvalue weighted by atomic mass is 9.99. The molecule has 1 atom stereocenters. The Morgan fingerprint density at radius 2 is 1.67 bits per heavy atom. The Hall–Kier alpha value is -2.72. The van der Waals surface area contributed by atoms with Crippen molar-refractivity contribution in [2.24, 2.45) is 0 Å². The Kier molecular flexibility index (Phi) is 4.21. The van der Waals surface area contributed by atoms with Crippen LogP contribution in [-0.4, -0.2) is 29.8 Å². The van der Waals surface area contributed by atoms with E-state index in [-0.39, 0.29) is 6.04 Å². The summed E-state index contributed by atoms with van der Waals surface area (Å²) < 4.78 is 0. The van der Waals surface area contributed by atoms with Gasteiger partial charge in [0, 0.05) is 25.8 Å². The first-order valence-corrected chi connectivity index (χ1v) is 8.32. The van der Waals surface area contributed by atoms with Crippen LogP contribution in [0.1, 0.15) is 11.6 Å². The van der Waals surface area contributed by atoms with Gasteiger partial charge < -0.3 is 10.2 Å². The van der Waals surface area contributed by atoms with E-state index in [1.807, 2.05) is 18.2 Å². The molecule has 1 aliphatic heterocycles. The quantitative estimate of drug-likeness (QED) is 0.805. The molecule has 4 heteroatoms. The fraction of sp³-hybridized carbons (Fsp3) is 0.200. The predicted molar refractivity (Wildman–Crippen MR) is 96.9 cm³/mol. The lowest BCUT2D eigenvalue weighted by molar-refractivity contribution is 0.485. The van der Waals surface area contributed by atoms with Crippen LogP contribution >= 0.6 is 0 Å². The summed E-state index contributed by atoms with van der Waals surface area (Å²) in [6, 6.07) is 23.6. The van der Waals surface area contributed by atoms with Crippen molar-refractivity contribution in [3.05, 3.63) is 78.5 Å². The van der Waals surface area contributed by atoms with Crippen molar-refractivity contribution in [3.63, 3.8) is 0 Å². The summed E-state index contributed by atoms with van der Waals surface area (Å²) >= 11 is 0. The molecule has 1 N–H and O–H groups in total. The Balaban J connectivity index is 1.62. The zero-order chi connectivity index (χ0) is 16.2. The number of anilines is 1. The van der Waals surface area contributed by atoms with Crippen LogP contribution in [0.25, 0.3) is 11.1 Å². The molecule has 2 aromatic carbocycles. The van der Waals surface area contributed by atoms with Crippen LogP contribution in [0.5, 0.6) is 0 Å². The maximum atomic E-state index is 4.29. The van der Waals surface area contributed by atoms with Gasteiger partial charge >= 0.3 is 0 Å². The number of piperazine rings is 1. The molecular weight excluding hydrogens is 296 g/mol. The van der Waals surface area contributed by atoms with E-state index in [0.29, 0.717) is 0 Å². The minimum atomic E-state index is 0.278. The molecule has 1 saturated heterocycles. The van der Waals surface area contributed by atoms with Gasteiger partial charge in [0.25, 0.3) is 0 Å². The molecule has 1 unspecified atom stereocenters. The van der Waals surface area contributed by atoms with Crippen LogP contribution < -0.4 is 10.2 Å². The van der Waals surface area contributed by atoms with Crippen LogP contribution in [0, 0.1) is 0 Å². The Morgan fingerprint density at radius 1 is 0.875 bits per heavy atom. The monoisotopic (exact) mass is 316 g/mol. The second kappa shape index (κ2) is 6.81. The smallest absolute Gasteiger partial charge is 0.151 e. The summed E-state index contributed by atoms with van der Waals surface area (Å²) in [4.78, 5) is 2.33. The van der Waals surface area contributed by atoms with Gasteiger partial charge in [0.05, 0.1) is 6.04 Å². The number of rotatable bonds is 3. The van der Waals surface area contributed by atoms with Gasteiger partial charge in [-0.05, 0) is 28.8 Å². The third-order valence-corrected chi connectivity index (χ3v) is 4.50. The summed E-state index contributed by atoms with van der Waals surface area (Å²) in [5.41, 5.74) is 3.79. The third-order valence-electron chi connectivity index (χ3n) is 4.50. The van der Waals surface area contributed by atoms with E-state index in [2.05, 4.69) is 68.9 Å². The maximum absolute atomic E-state index is 4.29. The van der Waals surface area contributed by atoms with Crippen LogP contribution in [0.3, 0.4) is 0 Å². The van der Waals surface area contributed by atoms with Crippen molar-refractivity contribution in [3.8, 4) is 11.1 Å². The molecule has 4 nitrogen and oxygen atoms in total. The number of aromatic nitrogens is 2. The molecule has 0 radical (unpaired) electrons. The first-order valence-electron chi connectivity index (χ1n) is 8.32. The van der Waals surface area contributed by atoms with E-state index in [1.54, 1.807) is 6.20 Å². The Bertz CT molecular complexity index is 772. The number of nitrogens with zero attached hydrogens (tertiary/aromatic N) is 3. The van der Waals surface area contributed by atoms with E-state index in [4.69, 9.17) is 0 Å². The van der Waals surface area contributed by atoms with Gasteiger partial charge in [0.2, 0.25) is 0 Å². The van der Waals surface area contributed by atoms with Gasteiger partial charge in [-0.1, -0.05) is 54.6 Å². The lowest BCUT2D eigenvalue weighted by Crippen LogP contribution is -2.46. The van der Waals surface area contributed by atoms with E-state index in [9.17, 15) is 0 Å². The molecule has 0 spiro atoms. The topological polar surface area (TPSA) is 41.0 Å². The van der Waals surface area contributed by atoms with Crippen molar-refractivity contribution in [2.45, 2.75) is 6.04 Å². The summed E-state index contributed by atoms with van der Waals surface area (Å²) in [5, 5.41) is 11.8. The van der Waals surface area contributed by atoms with Gasteiger partial charge in [-0.25, -0.2) is 0 Å². The van der Waals surface area contributed by atoms with Gasteiger partial charge in [-0.2, -0.15) is 5.10 Å². The molecule has 4 rings (SSSR count). The standard InChI is InChI=1S/C20H20N4/c1-2-5-16(6-3-1)17-8-10-18(11-9-17)19-15-21-13-14-24(19)20-7-4-12-22-23-20/h1-12,19,21H,13-15H2. The molecule has 0 aliphatic carbocycles. The zero-order valence-electron chi connectivity index (χ0n) is 13.5. The minimum Gasteiger partial charge on any atom is -0.346 e. The van der Waals surface area contributed by atoms with Crippen molar-refractivity contribution in [1.29, 1.82) is 0 Å². The van der Waals surface area contributed by atoms with Crippen LogP contribution in [0.15, 0.2) is 72.9 Å². The van der Waals surface area contributed by atoms with Gasteiger partial charge in [-0.15, -0.1) is 5.10 Å². The highest BCUT2D eigenvalue weighted by molar-refractivity contribution is 5.63. The summed E-state index contributed by atoms with van der Waals surface area (Å²) in [7, 11) is 0. The van der Waals surface area contributed by atoms with Gasteiger partial charge in [-0.3, -0.25) is 0 Å². The summed E-state index contributed by atoms with van der Waals surface area (Å²) in [6.45, 7) is 2.82. The van der Waals surface area contributed by atoms with Crippen LogP contribution in [-0.2, 0) is 0 Å². The van der Waals surface area contributed by atoms with Crippen LogP contribution in [0.4, 0.5) is 5.82 Å². The fourth-order valence-electron chi connectivity index (χ4n) is 3.25. The second-order valence-corrected chi connectivity index (χ2v) is 5.98. The SMILES string of the molecule is c1ccc(-c2ccc(C3CNCCN3c3cccnn3)cc2)cc1. The summed E-state index contributed by atoms with van der Waals surface area (Å²) in [6.07, 6.45) is 1.72. The molecule has 1 aromatic heterocycles. The van der Waals surface area contributed by atoms with Gasteiger partial charge in [0.15, 0.2) is 5.82 Å². The Labute approximate surface area is 142 Å². The van der Waals surface area contributed by atoms with Crippen molar-refractivity contribution < 1.29 is 0 Å². The molecule has 2 heterocycles. The van der Waals surface area contributed by atoms with Crippen molar-refractivity contribution >= 4 is 5.82 Å². The van der Waals surface area contributed by atoms with E-state index < -0.39 is 0 Å². The molecule has 3 aromatic rings. The highest BCUT2D eigenvalue weighted by Crippen LogP contribution is 2.28. The molecule has 1 aliphatic rings. The zero-order valence-corrected chi connectivity index (χ0v) is 13.5. The molecule has 24 heavy (non-hydrogen) atoms. The fourth-order valence-corrected chi connectivity index (χ4v) is 3.25. The van der Waals surface area contributed by atoms with E-state index in [1.165, 1.54) is 16.7 Å². The van der Waals surface area contributed by atoms with Crippen molar-refractivity contribution in [2.75, 3.05) is 24.5 Å². The number of hydrogen-bond donors (Lipinski definition) is 1. The van der Waals surface area contributed by atoms with Gasteiger partial charge in [0.1, 0.15) is 0 Å². The lowest BCUT2D eigenvalue weighted by Gasteiger charge is -2.37. The third kappa shape index (κ3) is 3.01. The normalized spacial score (nSPS) is 17.7. The minimum absolute atomic E-state index is 0.278. The van der Waals surface area contributed by atoms with Crippen molar-refractivity contribution in [1.82, 2.24) is 15.5 Å². The van der Waals surface area contributed by atoms with E-state index >= 15 is 0 Å². The summed E-state index contributed by atoms with van der Waals surface area (Å²) in [5.74, 6) is 0.941. The molecule has 0 bridgehead atoms. The highest BCUT2D eigenvalue weighted by atomic mass is 15.3.